The van der Waals surface area contributed by atoms with E-state index in [4.69, 9.17) is 9.47 Å². The molecule has 0 unspecified atom stereocenters. The van der Waals surface area contributed by atoms with Gasteiger partial charge in [-0.2, -0.15) is 0 Å². The predicted molar refractivity (Wildman–Crippen MR) is 133 cm³/mol. The number of methoxy groups -OCH3 is 2. The van der Waals surface area contributed by atoms with Gasteiger partial charge in [0.1, 0.15) is 17.5 Å². The topological polar surface area (TPSA) is 67.9 Å². The average molecular weight is 461 g/mol. The van der Waals surface area contributed by atoms with Crippen LogP contribution in [0.5, 0.6) is 11.5 Å². The van der Waals surface area contributed by atoms with E-state index in [1.165, 1.54) is 0 Å². The van der Waals surface area contributed by atoms with Gasteiger partial charge in [-0.3, -0.25) is 9.59 Å². The fourth-order valence-corrected chi connectivity index (χ4v) is 3.74. The Balaban J connectivity index is 1.83. The van der Waals surface area contributed by atoms with Gasteiger partial charge in [-0.25, -0.2) is 0 Å². The summed E-state index contributed by atoms with van der Waals surface area (Å²) >= 11 is 0. The van der Waals surface area contributed by atoms with Crippen molar-refractivity contribution in [3.05, 3.63) is 95.6 Å². The molecule has 3 aromatic carbocycles. The highest BCUT2D eigenvalue weighted by Gasteiger charge is 2.29. The van der Waals surface area contributed by atoms with Crippen molar-refractivity contribution in [1.82, 2.24) is 10.2 Å². The lowest BCUT2D eigenvalue weighted by Gasteiger charge is -2.31. The molecule has 0 heterocycles. The third kappa shape index (κ3) is 6.85. The van der Waals surface area contributed by atoms with Crippen LogP contribution in [0.2, 0.25) is 0 Å². The third-order valence-electron chi connectivity index (χ3n) is 5.71. The van der Waals surface area contributed by atoms with E-state index >= 15 is 0 Å². The van der Waals surface area contributed by atoms with E-state index in [0.29, 0.717) is 25.9 Å². The van der Waals surface area contributed by atoms with Crippen LogP contribution in [0, 0.1) is 0 Å². The fourth-order valence-electron chi connectivity index (χ4n) is 3.74. The molecule has 0 radical (unpaired) electrons. The molecule has 0 bridgehead atoms. The molecular formula is C28H32N2O4. The molecule has 6 heteroatoms. The van der Waals surface area contributed by atoms with Crippen LogP contribution in [0.4, 0.5) is 0 Å². The van der Waals surface area contributed by atoms with Crippen LogP contribution in [-0.4, -0.2) is 37.0 Å². The first-order valence-corrected chi connectivity index (χ1v) is 11.4. The van der Waals surface area contributed by atoms with Crippen molar-refractivity contribution in [1.29, 1.82) is 0 Å². The highest BCUT2D eigenvalue weighted by molar-refractivity contribution is 5.88. The van der Waals surface area contributed by atoms with Gasteiger partial charge in [-0.05, 0) is 41.0 Å². The molecule has 1 N–H and O–H groups in total. The van der Waals surface area contributed by atoms with Gasteiger partial charge in [0.15, 0.2) is 0 Å². The lowest BCUT2D eigenvalue weighted by molar-refractivity contribution is -0.141. The van der Waals surface area contributed by atoms with Gasteiger partial charge in [-0.15, -0.1) is 0 Å². The Morgan fingerprint density at radius 3 is 1.88 bits per heavy atom. The first kappa shape index (κ1) is 24.8. The number of hydrogen-bond acceptors (Lipinski definition) is 4. The minimum atomic E-state index is -0.643. The van der Waals surface area contributed by atoms with Crippen molar-refractivity contribution in [3.8, 4) is 11.5 Å². The largest absolute Gasteiger partial charge is 0.497 e. The second kappa shape index (κ2) is 12.4. The van der Waals surface area contributed by atoms with Gasteiger partial charge >= 0.3 is 0 Å². The smallest absolute Gasteiger partial charge is 0.243 e. The molecule has 0 saturated heterocycles. The van der Waals surface area contributed by atoms with Crippen LogP contribution in [0.1, 0.15) is 30.0 Å². The van der Waals surface area contributed by atoms with E-state index in [1.54, 1.807) is 19.1 Å². The molecule has 3 rings (SSSR count). The van der Waals surface area contributed by atoms with Gasteiger partial charge < -0.3 is 19.7 Å². The Labute approximate surface area is 201 Å². The van der Waals surface area contributed by atoms with Crippen LogP contribution in [-0.2, 0) is 29.1 Å². The van der Waals surface area contributed by atoms with E-state index in [0.717, 1.165) is 28.2 Å². The molecular weight excluding hydrogens is 428 g/mol. The monoisotopic (exact) mass is 460 g/mol. The number of carbonyl (C=O) groups is 2. The Morgan fingerprint density at radius 1 is 0.794 bits per heavy atom. The Kier molecular flexibility index (Phi) is 9.09. The molecule has 0 aliphatic heterocycles. The number of nitrogens with zero attached hydrogens (tertiary/aromatic N) is 1. The van der Waals surface area contributed by atoms with Gasteiger partial charge in [0, 0.05) is 25.9 Å². The molecule has 2 amide bonds. The normalized spacial score (nSPS) is 11.4. The number of benzene rings is 3. The molecule has 6 nitrogen and oxygen atoms in total. The number of carbonyl (C=O) groups excluding carboxylic acids is 2. The first-order chi connectivity index (χ1) is 16.5. The van der Waals surface area contributed by atoms with Gasteiger partial charge in [0.25, 0.3) is 0 Å². The lowest BCUT2D eigenvalue weighted by Crippen LogP contribution is -2.50. The van der Waals surface area contributed by atoms with Crippen molar-refractivity contribution < 1.29 is 19.1 Å². The van der Waals surface area contributed by atoms with Crippen LogP contribution >= 0.6 is 0 Å². The predicted octanol–water partition coefficient (Wildman–Crippen LogP) is 4.37. The SMILES string of the molecule is CCC(=O)N(Cc1ccc(OC)cc1)[C@@H](Cc1ccccc1)C(=O)NCc1ccc(OC)cc1. The Hall–Kier alpha value is -3.80. The van der Waals surface area contributed by atoms with E-state index < -0.39 is 6.04 Å². The summed E-state index contributed by atoms with van der Waals surface area (Å²) in [6, 6.07) is 24.2. The molecule has 0 saturated carbocycles. The maximum absolute atomic E-state index is 13.4. The summed E-state index contributed by atoms with van der Waals surface area (Å²) in [5, 5.41) is 3.03. The van der Waals surface area contributed by atoms with Crippen molar-refractivity contribution in [3.63, 3.8) is 0 Å². The summed E-state index contributed by atoms with van der Waals surface area (Å²) in [6.07, 6.45) is 0.740. The maximum Gasteiger partial charge on any atom is 0.243 e. The first-order valence-electron chi connectivity index (χ1n) is 11.4. The van der Waals surface area contributed by atoms with Crippen LogP contribution in [0.25, 0.3) is 0 Å². The van der Waals surface area contributed by atoms with Crippen LogP contribution in [0.3, 0.4) is 0 Å². The van der Waals surface area contributed by atoms with Crippen LogP contribution < -0.4 is 14.8 Å². The van der Waals surface area contributed by atoms with Gasteiger partial charge in [-0.1, -0.05) is 61.5 Å². The van der Waals surface area contributed by atoms with Crippen LogP contribution in [0.15, 0.2) is 78.9 Å². The summed E-state index contributed by atoms with van der Waals surface area (Å²) in [5.74, 6) is 1.25. The molecule has 0 fully saturated rings. The third-order valence-corrected chi connectivity index (χ3v) is 5.71. The van der Waals surface area contributed by atoms with Crippen molar-refractivity contribution in [2.45, 2.75) is 38.9 Å². The van der Waals surface area contributed by atoms with Crippen molar-refractivity contribution in [2.24, 2.45) is 0 Å². The van der Waals surface area contributed by atoms with E-state index in [2.05, 4.69) is 5.32 Å². The zero-order valence-corrected chi connectivity index (χ0v) is 20.0. The van der Waals surface area contributed by atoms with Gasteiger partial charge in [0.05, 0.1) is 14.2 Å². The molecule has 34 heavy (non-hydrogen) atoms. The summed E-state index contributed by atoms with van der Waals surface area (Å²) in [4.78, 5) is 28.2. The molecule has 0 aliphatic rings. The maximum atomic E-state index is 13.4. The summed E-state index contributed by atoms with van der Waals surface area (Å²) in [7, 11) is 3.23. The summed E-state index contributed by atoms with van der Waals surface area (Å²) < 4.78 is 10.4. The van der Waals surface area contributed by atoms with E-state index in [1.807, 2.05) is 85.8 Å². The number of nitrogens with one attached hydrogen (secondary N) is 1. The lowest BCUT2D eigenvalue weighted by atomic mass is 10.0. The molecule has 0 aliphatic carbocycles. The van der Waals surface area contributed by atoms with Crippen molar-refractivity contribution in [2.75, 3.05) is 14.2 Å². The Bertz CT molecular complexity index is 1050. The second-order valence-corrected chi connectivity index (χ2v) is 7.99. The summed E-state index contributed by atoms with van der Waals surface area (Å²) in [6.45, 7) is 2.52. The zero-order chi connectivity index (χ0) is 24.3. The number of amides is 2. The minimum Gasteiger partial charge on any atom is -0.497 e. The Morgan fingerprint density at radius 2 is 1.35 bits per heavy atom. The molecule has 178 valence electrons. The molecule has 0 spiro atoms. The number of ether oxygens (including phenoxy) is 2. The average Bonchev–Trinajstić information content (AvgIpc) is 2.90. The van der Waals surface area contributed by atoms with E-state index in [-0.39, 0.29) is 11.8 Å². The van der Waals surface area contributed by atoms with E-state index in [9.17, 15) is 9.59 Å². The zero-order valence-electron chi connectivity index (χ0n) is 20.0. The second-order valence-electron chi connectivity index (χ2n) is 7.99. The molecule has 1 atom stereocenters. The standard InChI is InChI=1S/C28H32N2O4/c1-4-27(31)30(20-23-12-16-25(34-3)17-13-23)26(18-21-8-6-5-7-9-21)28(32)29-19-22-10-14-24(33-2)15-11-22/h5-17,26H,4,18-20H2,1-3H3,(H,29,32)/t26-/m0/s1. The number of rotatable bonds is 11. The highest BCUT2D eigenvalue weighted by Crippen LogP contribution is 2.18. The molecule has 0 aromatic heterocycles. The summed E-state index contributed by atoms with van der Waals surface area (Å²) in [5.41, 5.74) is 2.88. The fraction of sp³-hybridized carbons (Fsp3) is 0.286. The van der Waals surface area contributed by atoms with Crippen molar-refractivity contribution >= 4 is 11.8 Å². The van der Waals surface area contributed by atoms with Gasteiger partial charge in [0.2, 0.25) is 11.8 Å². The molecule has 3 aromatic rings. The quantitative estimate of drug-likeness (QED) is 0.461. The highest BCUT2D eigenvalue weighted by atomic mass is 16.5. The minimum absolute atomic E-state index is 0.0728. The number of hydrogen-bond donors (Lipinski definition) is 1.